The summed E-state index contributed by atoms with van der Waals surface area (Å²) >= 11 is 0. The first-order chi connectivity index (χ1) is 9.24. The largest absolute Gasteiger partial charge is 0.379 e. The number of allylic oxidation sites excluding steroid dienone is 1. The normalized spacial score (nSPS) is 19.6. The van der Waals surface area contributed by atoms with Crippen LogP contribution >= 0.6 is 0 Å². The van der Waals surface area contributed by atoms with E-state index in [1.54, 1.807) is 0 Å². The molecule has 3 rings (SSSR count). The topological polar surface area (TPSA) is 12.5 Å². The fraction of sp³-hybridized carbons (Fsp3) is 0.529. The summed E-state index contributed by atoms with van der Waals surface area (Å²) in [4.78, 5) is 2.51. The predicted octanol–water partition coefficient (Wildman–Crippen LogP) is 3.08. The third-order valence-corrected chi connectivity index (χ3v) is 4.21. The fourth-order valence-corrected chi connectivity index (χ4v) is 2.92. The van der Waals surface area contributed by atoms with Crippen LogP contribution in [0.15, 0.2) is 24.3 Å². The minimum absolute atomic E-state index is 0.607. The molecule has 19 heavy (non-hydrogen) atoms. The first kappa shape index (κ1) is 12.9. The molecule has 0 unspecified atom stereocenters. The van der Waals surface area contributed by atoms with E-state index in [0.717, 1.165) is 39.3 Å². The molecule has 0 amide bonds. The number of morpholine rings is 1. The van der Waals surface area contributed by atoms with Crippen molar-refractivity contribution in [3.8, 4) is 0 Å². The van der Waals surface area contributed by atoms with Crippen LogP contribution in [0.1, 0.15) is 36.5 Å². The van der Waals surface area contributed by atoms with Crippen molar-refractivity contribution in [1.29, 1.82) is 0 Å². The molecule has 0 N–H and O–H groups in total. The Morgan fingerprint density at radius 2 is 2.00 bits per heavy atom. The van der Waals surface area contributed by atoms with Gasteiger partial charge in [0.05, 0.1) is 13.2 Å². The third-order valence-electron chi connectivity index (χ3n) is 4.21. The van der Waals surface area contributed by atoms with Gasteiger partial charge >= 0.3 is 0 Å². The summed E-state index contributed by atoms with van der Waals surface area (Å²) in [6.45, 7) is 9.51. The molecule has 2 aliphatic rings. The van der Waals surface area contributed by atoms with E-state index in [9.17, 15) is 0 Å². The zero-order valence-electron chi connectivity index (χ0n) is 12.0. The fourth-order valence-electron chi connectivity index (χ4n) is 2.92. The predicted molar refractivity (Wildman–Crippen MR) is 79.5 cm³/mol. The van der Waals surface area contributed by atoms with Crippen LogP contribution in [0.25, 0.3) is 5.57 Å². The second-order valence-electron chi connectivity index (χ2n) is 5.89. The molecule has 0 atom stereocenters. The van der Waals surface area contributed by atoms with Crippen molar-refractivity contribution in [2.45, 2.75) is 26.2 Å². The molecule has 2 heteroatoms. The van der Waals surface area contributed by atoms with E-state index in [1.165, 1.54) is 22.3 Å². The lowest BCUT2D eigenvalue weighted by Gasteiger charge is -2.27. The number of ether oxygens (including phenoxy) is 1. The molecule has 2 nitrogen and oxygen atoms in total. The highest BCUT2D eigenvalue weighted by atomic mass is 16.5. The average Bonchev–Trinajstić information content (AvgIpc) is 2.82. The number of benzene rings is 1. The Hall–Kier alpha value is -1.12. The van der Waals surface area contributed by atoms with Crippen LogP contribution in [0, 0.1) is 0 Å². The van der Waals surface area contributed by atoms with Crippen LogP contribution in [0.3, 0.4) is 0 Å². The molecule has 1 aromatic rings. The second-order valence-corrected chi connectivity index (χ2v) is 5.89. The van der Waals surface area contributed by atoms with Gasteiger partial charge in [-0.1, -0.05) is 38.1 Å². The van der Waals surface area contributed by atoms with Gasteiger partial charge in [0.2, 0.25) is 0 Å². The van der Waals surface area contributed by atoms with E-state index in [2.05, 4.69) is 43.0 Å². The SMILES string of the molecule is CC(C)c1ccc2c(c1)C(CN1CCOCC1)=CC2. The Bertz CT molecular complexity index is 484. The molecule has 1 aromatic carbocycles. The van der Waals surface area contributed by atoms with Crippen LogP contribution in [0.5, 0.6) is 0 Å². The Kier molecular flexibility index (Phi) is 3.72. The molecule has 1 fully saturated rings. The first-order valence-electron chi connectivity index (χ1n) is 7.36. The maximum atomic E-state index is 5.42. The van der Waals surface area contributed by atoms with E-state index >= 15 is 0 Å². The minimum Gasteiger partial charge on any atom is -0.379 e. The van der Waals surface area contributed by atoms with E-state index < -0.39 is 0 Å². The zero-order chi connectivity index (χ0) is 13.2. The third kappa shape index (κ3) is 2.75. The monoisotopic (exact) mass is 257 g/mol. The molecule has 102 valence electrons. The summed E-state index contributed by atoms with van der Waals surface area (Å²) in [5.41, 5.74) is 5.94. The lowest BCUT2D eigenvalue weighted by molar-refractivity contribution is 0.0444. The van der Waals surface area contributed by atoms with Crippen molar-refractivity contribution in [2.75, 3.05) is 32.8 Å². The van der Waals surface area contributed by atoms with E-state index in [0.29, 0.717) is 5.92 Å². The highest BCUT2D eigenvalue weighted by Crippen LogP contribution is 2.31. The van der Waals surface area contributed by atoms with Crippen LogP contribution in [0.2, 0.25) is 0 Å². The Morgan fingerprint density at radius 1 is 1.21 bits per heavy atom. The van der Waals surface area contributed by atoms with Gasteiger partial charge in [0.25, 0.3) is 0 Å². The Balaban J connectivity index is 1.77. The van der Waals surface area contributed by atoms with E-state index in [1.807, 2.05) is 0 Å². The van der Waals surface area contributed by atoms with Gasteiger partial charge in [-0.25, -0.2) is 0 Å². The highest BCUT2D eigenvalue weighted by Gasteiger charge is 2.19. The summed E-state index contributed by atoms with van der Waals surface area (Å²) in [7, 11) is 0. The Labute approximate surface area is 116 Å². The van der Waals surface area contributed by atoms with Crippen molar-refractivity contribution in [3.63, 3.8) is 0 Å². The van der Waals surface area contributed by atoms with Gasteiger partial charge < -0.3 is 4.74 Å². The highest BCUT2D eigenvalue weighted by molar-refractivity contribution is 5.74. The average molecular weight is 257 g/mol. The van der Waals surface area contributed by atoms with Crippen molar-refractivity contribution in [2.24, 2.45) is 0 Å². The van der Waals surface area contributed by atoms with Crippen LogP contribution < -0.4 is 0 Å². The molecule has 1 heterocycles. The molecular weight excluding hydrogens is 234 g/mol. The van der Waals surface area contributed by atoms with Crippen molar-refractivity contribution < 1.29 is 4.74 Å². The number of hydrogen-bond donors (Lipinski definition) is 0. The molecule has 0 aromatic heterocycles. The van der Waals surface area contributed by atoms with Crippen molar-refractivity contribution in [3.05, 3.63) is 41.0 Å². The van der Waals surface area contributed by atoms with Gasteiger partial charge in [0.1, 0.15) is 0 Å². The van der Waals surface area contributed by atoms with Gasteiger partial charge in [0.15, 0.2) is 0 Å². The maximum absolute atomic E-state index is 5.42. The zero-order valence-corrected chi connectivity index (χ0v) is 12.0. The van der Waals surface area contributed by atoms with Crippen LogP contribution in [-0.2, 0) is 11.2 Å². The van der Waals surface area contributed by atoms with Gasteiger partial charge in [-0.05, 0) is 34.6 Å². The van der Waals surface area contributed by atoms with Crippen molar-refractivity contribution >= 4 is 5.57 Å². The van der Waals surface area contributed by atoms with Crippen LogP contribution in [0.4, 0.5) is 0 Å². The maximum Gasteiger partial charge on any atom is 0.0594 e. The smallest absolute Gasteiger partial charge is 0.0594 e. The standard InChI is InChI=1S/C17H23NO/c1-13(2)15-5-3-14-4-6-16(17(14)11-15)12-18-7-9-19-10-8-18/h3,5-6,11,13H,4,7-10,12H2,1-2H3. The molecule has 0 bridgehead atoms. The van der Waals surface area contributed by atoms with E-state index in [-0.39, 0.29) is 0 Å². The number of fused-ring (bicyclic) bond motifs is 1. The van der Waals surface area contributed by atoms with Gasteiger partial charge in [0, 0.05) is 19.6 Å². The van der Waals surface area contributed by atoms with Gasteiger partial charge in [-0.15, -0.1) is 0 Å². The molecule has 1 saturated heterocycles. The number of nitrogens with zero attached hydrogens (tertiary/aromatic N) is 1. The lowest BCUT2D eigenvalue weighted by Crippen LogP contribution is -2.37. The van der Waals surface area contributed by atoms with Crippen molar-refractivity contribution in [1.82, 2.24) is 4.90 Å². The van der Waals surface area contributed by atoms with Gasteiger partial charge in [-0.2, -0.15) is 0 Å². The summed E-state index contributed by atoms with van der Waals surface area (Å²) in [5, 5.41) is 0. The minimum atomic E-state index is 0.607. The second kappa shape index (κ2) is 5.48. The molecule has 1 aliphatic heterocycles. The molecule has 1 aliphatic carbocycles. The number of hydrogen-bond acceptors (Lipinski definition) is 2. The summed E-state index contributed by atoms with van der Waals surface area (Å²) in [6, 6.07) is 7.00. The Morgan fingerprint density at radius 3 is 2.74 bits per heavy atom. The van der Waals surface area contributed by atoms with Gasteiger partial charge in [-0.3, -0.25) is 4.90 Å². The van der Waals surface area contributed by atoms with E-state index in [4.69, 9.17) is 4.74 Å². The molecule has 0 spiro atoms. The lowest BCUT2D eigenvalue weighted by atomic mass is 9.96. The quantitative estimate of drug-likeness (QED) is 0.825. The molecule has 0 radical (unpaired) electrons. The molecule has 0 saturated carbocycles. The summed E-state index contributed by atoms with van der Waals surface area (Å²) in [5.74, 6) is 0.607. The first-order valence-corrected chi connectivity index (χ1v) is 7.36. The summed E-state index contributed by atoms with van der Waals surface area (Å²) in [6.07, 6.45) is 3.51. The number of rotatable bonds is 3. The van der Waals surface area contributed by atoms with Crippen LogP contribution in [-0.4, -0.2) is 37.7 Å². The molecular formula is C17H23NO. The summed E-state index contributed by atoms with van der Waals surface area (Å²) < 4.78 is 5.42.